The van der Waals surface area contributed by atoms with Gasteiger partial charge in [0.2, 0.25) is 5.91 Å². The quantitative estimate of drug-likeness (QED) is 0.402. The lowest BCUT2D eigenvalue weighted by molar-refractivity contribution is -0.384. The first-order chi connectivity index (χ1) is 12.1. The van der Waals surface area contributed by atoms with Gasteiger partial charge in [-0.1, -0.05) is 41.9 Å². The van der Waals surface area contributed by atoms with Gasteiger partial charge in [0.05, 0.1) is 10.7 Å². The Labute approximate surface area is 155 Å². The highest BCUT2D eigenvalue weighted by Gasteiger charge is 2.06. The molecule has 5 nitrogen and oxygen atoms in total. The Morgan fingerprint density at radius 3 is 2.56 bits per heavy atom. The van der Waals surface area contributed by atoms with Gasteiger partial charge in [0.1, 0.15) is 0 Å². The predicted molar refractivity (Wildman–Crippen MR) is 102 cm³/mol. The van der Waals surface area contributed by atoms with Gasteiger partial charge in [0.15, 0.2) is 0 Å². The fourth-order valence-corrected chi connectivity index (χ4v) is 3.28. The Morgan fingerprint density at radius 2 is 1.88 bits per heavy atom. The van der Waals surface area contributed by atoms with Gasteiger partial charge in [-0.25, -0.2) is 0 Å². The molecule has 7 heteroatoms. The first kappa shape index (κ1) is 19.3. The fraction of sp³-hybridized carbons (Fsp3) is 0.278. The van der Waals surface area contributed by atoms with Crippen molar-refractivity contribution in [1.29, 1.82) is 0 Å². The molecule has 0 fully saturated rings. The number of hydrogen-bond acceptors (Lipinski definition) is 4. The van der Waals surface area contributed by atoms with Crippen LogP contribution in [-0.2, 0) is 17.0 Å². The standard InChI is InChI=1S/C18H19ClN2O3S/c19-17-6-2-1-4-15(17)5-3-11-20-18(22)13-25-12-14-7-9-16(10-8-14)21(23)24/h1-2,4,6-10H,3,5,11-13H2,(H,20,22). The molecule has 132 valence electrons. The topological polar surface area (TPSA) is 72.2 Å². The van der Waals surface area contributed by atoms with E-state index in [0.29, 0.717) is 18.1 Å². The number of nitro benzene ring substituents is 1. The van der Waals surface area contributed by atoms with E-state index >= 15 is 0 Å². The Hall–Kier alpha value is -2.05. The zero-order valence-electron chi connectivity index (χ0n) is 13.6. The second kappa shape index (κ2) is 10.1. The van der Waals surface area contributed by atoms with Gasteiger partial charge in [-0.15, -0.1) is 11.8 Å². The van der Waals surface area contributed by atoms with Gasteiger partial charge in [-0.05, 0) is 30.0 Å². The zero-order chi connectivity index (χ0) is 18.1. The molecular weight excluding hydrogens is 360 g/mol. The SMILES string of the molecule is O=C(CSCc1ccc([N+](=O)[O-])cc1)NCCCc1ccccc1Cl. The van der Waals surface area contributed by atoms with Gasteiger partial charge in [-0.3, -0.25) is 14.9 Å². The number of hydrogen-bond donors (Lipinski definition) is 1. The summed E-state index contributed by atoms with van der Waals surface area (Å²) in [6, 6.07) is 14.1. The van der Waals surface area contributed by atoms with Crippen molar-refractivity contribution in [2.75, 3.05) is 12.3 Å². The average molecular weight is 379 g/mol. The minimum Gasteiger partial charge on any atom is -0.355 e. The Balaban J connectivity index is 1.61. The summed E-state index contributed by atoms with van der Waals surface area (Å²) < 4.78 is 0. The molecule has 0 saturated carbocycles. The number of nitrogens with zero attached hydrogens (tertiary/aromatic N) is 1. The number of benzene rings is 2. The van der Waals surface area contributed by atoms with Crippen LogP contribution in [-0.4, -0.2) is 23.1 Å². The molecule has 0 bridgehead atoms. The van der Waals surface area contributed by atoms with Crippen molar-refractivity contribution in [3.63, 3.8) is 0 Å². The smallest absolute Gasteiger partial charge is 0.269 e. The first-order valence-corrected chi connectivity index (χ1v) is 9.40. The largest absolute Gasteiger partial charge is 0.355 e. The van der Waals surface area contributed by atoms with Crippen LogP contribution in [0.25, 0.3) is 0 Å². The van der Waals surface area contributed by atoms with Crippen LogP contribution in [0.2, 0.25) is 5.02 Å². The average Bonchev–Trinajstić information content (AvgIpc) is 2.60. The summed E-state index contributed by atoms with van der Waals surface area (Å²) in [5, 5.41) is 14.2. The van der Waals surface area contributed by atoms with Crippen molar-refractivity contribution in [1.82, 2.24) is 5.32 Å². The minimum absolute atomic E-state index is 0.00827. The second-order valence-corrected chi connectivity index (χ2v) is 6.85. The van der Waals surface area contributed by atoms with Gasteiger partial charge in [0, 0.05) is 29.5 Å². The molecule has 0 atom stereocenters. The molecule has 2 aromatic rings. The van der Waals surface area contributed by atoms with Crippen molar-refractivity contribution in [3.05, 3.63) is 74.8 Å². The summed E-state index contributed by atoms with van der Waals surface area (Å²) in [7, 11) is 0. The highest BCUT2D eigenvalue weighted by molar-refractivity contribution is 7.99. The molecule has 2 rings (SSSR count). The number of halogens is 1. The second-order valence-electron chi connectivity index (χ2n) is 5.46. The molecule has 0 aliphatic carbocycles. The van der Waals surface area contributed by atoms with Crippen LogP contribution < -0.4 is 5.32 Å². The molecule has 0 aliphatic heterocycles. The molecule has 0 radical (unpaired) electrons. The van der Waals surface area contributed by atoms with Crippen molar-refractivity contribution in [2.45, 2.75) is 18.6 Å². The van der Waals surface area contributed by atoms with Crippen LogP contribution in [0.4, 0.5) is 5.69 Å². The maximum Gasteiger partial charge on any atom is 0.269 e. The van der Waals surface area contributed by atoms with Gasteiger partial charge in [-0.2, -0.15) is 0 Å². The summed E-state index contributed by atoms with van der Waals surface area (Å²) in [6.45, 7) is 0.613. The summed E-state index contributed by atoms with van der Waals surface area (Å²) in [5.41, 5.74) is 2.12. The lowest BCUT2D eigenvalue weighted by Crippen LogP contribution is -2.26. The number of carbonyl (C=O) groups is 1. The Bertz CT molecular complexity index is 723. The van der Waals surface area contributed by atoms with Crippen molar-refractivity contribution in [2.24, 2.45) is 0 Å². The van der Waals surface area contributed by atoms with E-state index in [1.807, 2.05) is 24.3 Å². The summed E-state index contributed by atoms with van der Waals surface area (Å²) in [4.78, 5) is 22.0. The number of carbonyl (C=O) groups excluding carboxylic acids is 1. The van der Waals surface area contributed by atoms with Crippen molar-refractivity contribution < 1.29 is 9.72 Å². The zero-order valence-corrected chi connectivity index (χ0v) is 15.2. The van der Waals surface area contributed by atoms with Crippen molar-refractivity contribution >= 4 is 35.0 Å². The highest BCUT2D eigenvalue weighted by atomic mass is 35.5. The summed E-state index contributed by atoms with van der Waals surface area (Å²) in [5.74, 6) is 1.000. The third-order valence-corrected chi connectivity index (χ3v) is 4.92. The monoisotopic (exact) mass is 378 g/mol. The third kappa shape index (κ3) is 6.76. The van der Waals surface area contributed by atoms with Crippen LogP contribution in [0.3, 0.4) is 0 Å². The molecule has 0 aliphatic rings. The van der Waals surface area contributed by atoms with Crippen LogP contribution in [0.1, 0.15) is 17.5 Å². The number of nitro groups is 1. The van der Waals surface area contributed by atoms with Gasteiger partial charge >= 0.3 is 0 Å². The van der Waals surface area contributed by atoms with Gasteiger partial charge < -0.3 is 5.32 Å². The fourth-order valence-electron chi connectivity index (χ4n) is 2.23. The minimum atomic E-state index is -0.424. The van der Waals surface area contributed by atoms with E-state index in [-0.39, 0.29) is 11.6 Å². The van der Waals surface area contributed by atoms with E-state index in [1.165, 1.54) is 23.9 Å². The van der Waals surface area contributed by atoms with E-state index in [1.54, 1.807) is 12.1 Å². The third-order valence-electron chi connectivity index (χ3n) is 3.55. The van der Waals surface area contributed by atoms with E-state index in [4.69, 9.17) is 11.6 Å². The van der Waals surface area contributed by atoms with Crippen molar-refractivity contribution in [3.8, 4) is 0 Å². The molecule has 0 spiro atoms. The number of rotatable bonds is 9. The summed E-state index contributed by atoms with van der Waals surface area (Å²) in [6.07, 6.45) is 1.67. The highest BCUT2D eigenvalue weighted by Crippen LogP contribution is 2.17. The molecule has 0 unspecified atom stereocenters. The van der Waals surface area contributed by atoms with E-state index in [9.17, 15) is 14.9 Å². The molecule has 2 aromatic carbocycles. The summed E-state index contributed by atoms with van der Waals surface area (Å²) >= 11 is 7.57. The van der Waals surface area contributed by atoms with E-state index < -0.39 is 4.92 Å². The van der Waals surface area contributed by atoms with Gasteiger partial charge in [0.25, 0.3) is 5.69 Å². The Morgan fingerprint density at radius 1 is 1.16 bits per heavy atom. The molecule has 1 N–H and O–H groups in total. The number of amides is 1. The number of aryl methyl sites for hydroxylation is 1. The number of nitrogens with one attached hydrogen (secondary N) is 1. The lowest BCUT2D eigenvalue weighted by Gasteiger charge is -2.06. The first-order valence-electron chi connectivity index (χ1n) is 7.87. The molecule has 0 heterocycles. The van der Waals surface area contributed by atoms with E-state index in [2.05, 4.69) is 5.32 Å². The maximum atomic E-state index is 11.8. The van der Waals surface area contributed by atoms with Crippen LogP contribution in [0, 0.1) is 10.1 Å². The molecule has 0 saturated heterocycles. The number of non-ortho nitro benzene ring substituents is 1. The maximum absolute atomic E-state index is 11.8. The molecular formula is C18H19ClN2O3S. The van der Waals surface area contributed by atoms with Crippen LogP contribution in [0.5, 0.6) is 0 Å². The molecule has 1 amide bonds. The predicted octanol–water partition coefficient (Wildman–Crippen LogP) is 4.23. The lowest BCUT2D eigenvalue weighted by atomic mass is 10.1. The molecule has 0 aromatic heterocycles. The Kier molecular flexibility index (Phi) is 7.76. The van der Waals surface area contributed by atoms with E-state index in [0.717, 1.165) is 29.0 Å². The normalized spacial score (nSPS) is 10.4. The molecule has 25 heavy (non-hydrogen) atoms. The number of thioether (sulfide) groups is 1. The van der Waals surface area contributed by atoms with Crippen LogP contribution >= 0.6 is 23.4 Å². The van der Waals surface area contributed by atoms with Crippen LogP contribution in [0.15, 0.2) is 48.5 Å².